The highest BCUT2D eigenvalue weighted by Crippen LogP contribution is 2.31. The molecule has 3 nitrogen and oxygen atoms in total. The molecule has 0 atom stereocenters. The molecule has 1 aliphatic rings. The van der Waals surface area contributed by atoms with E-state index in [1.54, 1.807) is 0 Å². The van der Waals surface area contributed by atoms with Crippen LogP contribution < -0.4 is 4.90 Å². The molecule has 1 aromatic heterocycles. The molecule has 1 fully saturated rings. The quantitative estimate of drug-likeness (QED) is 0.702. The number of benzene rings is 2. The summed E-state index contributed by atoms with van der Waals surface area (Å²) in [6, 6.07) is 17.3. The summed E-state index contributed by atoms with van der Waals surface area (Å²) in [5.74, 6) is 1.05. The fourth-order valence-corrected chi connectivity index (χ4v) is 3.25. The number of rotatable bonds is 2. The number of morpholine rings is 1. The summed E-state index contributed by atoms with van der Waals surface area (Å²) in [5.41, 5.74) is 4.87. The van der Waals surface area contributed by atoms with Gasteiger partial charge in [-0.15, -0.1) is 0 Å². The Morgan fingerprint density at radius 3 is 2.50 bits per heavy atom. The molecule has 1 aliphatic heterocycles. The van der Waals surface area contributed by atoms with Crippen molar-refractivity contribution in [3.05, 3.63) is 59.7 Å². The predicted octanol–water partition coefficient (Wildman–Crippen LogP) is 4.36. The summed E-state index contributed by atoms with van der Waals surface area (Å²) in [5, 5.41) is 2.44. The van der Waals surface area contributed by atoms with Crippen LogP contribution in [-0.2, 0) is 4.74 Å². The van der Waals surface area contributed by atoms with E-state index >= 15 is 0 Å². The van der Waals surface area contributed by atoms with Crippen LogP contribution in [0.1, 0.15) is 11.1 Å². The molecular formula is C21H22N2O. The van der Waals surface area contributed by atoms with Gasteiger partial charge in [0, 0.05) is 24.0 Å². The van der Waals surface area contributed by atoms with E-state index in [2.05, 4.69) is 67.3 Å². The lowest BCUT2D eigenvalue weighted by Crippen LogP contribution is -2.36. The van der Waals surface area contributed by atoms with Crippen molar-refractivity contribution in [2.45, 2.75) is 13.8 Å². The molecule has 122 valence electrons. The first-order valence-corrected chi connectivity index (χ1v) is 8.52. The van der Waals surface area contributed by atoms with Crippen molar-refractivity contribution in [3.63, 3.8) is 0 Å². The fourth-order valence-electron chi connectivity index (χ4n) is 3.25. The molecule has 3 aromatic rings. The van der Waals surface area contributed by atoms with Gasteiger partial charge in [-0.1, -0.05) is 36.4 Å². The van der Waals surface area contributed by atoms with E-state index in [0.29, 0.717) is 0 Å². The number of nitrogens with zero attached hydrogens (tertiary/aromatic N) is 2. The average molecular weight is 318 g/mol. The van der Waals surface area contributed by atoms with Crippen molar-refractivity contribution in [1.82, 2.24) is 4.98 Å². The Kier molecular flexibility index (Phi) is 3.95. The molecule has 2 heterocycles. The highest BCUT2D eigenvalue weighted by molar-refractivity contribution is 5.96. The zero-order chi connectivity index (χ0) is 16.5. The molecule has 0 radical (unpaired) electrons. The van der Waals surface area contributed by atoms with E-state index in [1.165, 1.54) is 27.5 Å². The molecule has 0 aliphatic carbocycles. The standard InChI is InChI=1S/C21H22N2O/c1-15-7-8-18(13-16(15)2)21-19-6-4-3-5-17(19)14-20(22-21)23-9-11-24-12-10-23/h3-8,13-14H,9-12H2,1-2H3. The summed E-state index contributed by atoms with van der Waals surface area (Å²) in [7, 11) is 0. The fraction of sp³-hybridized carbons (Fsp3) is 0.286. The van der Waals surface area contributed by atoms with Gasteiger partial charge in [0.1, 0.15) is 5.82 Å². The van der Waals surface area contributed by atoms with Crippen molar-refractivity contribution in [3.8, 4) is 11.3 Å². The zero-order valence-corrected chi connectivity index (χ0v) is 14.2. The van der Waals surface area contributed by atoms with E-state index < -0.39 is 0 Å². The number of aryl methyl sites for hydroxylation is 2. The second kappa shape index (κ2) is 6.25. The first-order valence-electron chi connectivity index (χ1n) is 8.52. The van der Waals surface area contributed by atoms with Crippen LogP contribution in [0.5, 0.6) is 0 Å². The Morgan fingerprint density at radius 2 is 1.71 bits per heavy atom. The maximum Gasteiger partial charge on any atom is 0.130 e. The van der Waals surface area contributed by atoms with Crippen molar-refractivity contribution in [2.75, 3.05) is 31.2 Å². The lowest BCUT2D eigenvalue weighted by atomic mass is 10.00. The maximum absolute atomic E-state index is 5.48. The minimum absolute atomic E-state index is 0.771. The van der Waals surface area contributed by atoms with Gasteiger partial charge < -0.3 is 9.64 Å². The maximum atomic E-state index is 5.48. The molecule has 2 aromatic carbocycles. The van der Waals surface area contributed by atoms with E-state index in [4.69, 9.17) is 9.72 Å². The Balaban J connectivity index is 1.90. The molecule has 0 spiro atoms. The van der Waals surface area contributed by atoms with Crippen LogP contribution in [-0.4, -0.2) is 31.3 Å². The van der Waals surface area contributed by atoms with Gasteiger partial charge in [-0.3, -0.25) is 0 Å². The number of pyridine rings is 1. The van der Waals surface area contributed by atoms with Crippen molar-refractivity contribution >= 4 is 16.6 Å². The minimum Gasteiger partial charge on any atom is -0.378 e. The van der Waals surface area contributed by atoms with Gasteiger partial charge in [-0.2, -0.15) is 0 Å². The summed E-state index contributed by atoms with van der Waals surface area (Å²) >= 11 is 0. The first kappa shape index (κ1) is 15.2. The van der Waals surface area contributed by atoms with Crippen molar-refractivity contribution in [1.29, 1.82) is 0 Å². The molecule has 0 unspecified atom stereocenters. The summed E-state index contributed by atoms with van der Waals surface area (Å²) in [6.45, 7) is 7.65. The lowest BCUT2D eigenvalue weighted by molar-refractivity contribution is 0.122. The van der Waals surface area contributed by atoms with Gasteiger partial charge in [-0.05, 0) is 42.5 Å². The summed E-state index contributed by atoms with van der Waals surface area (Å²) in [4.78, 5) is 7.36. The second-order valence-electron chi connectivity index (χ2n) is 6.45. The zero-order valence-electron chi connectivity index (χ0n) is 14.2. The van der Waals surface area contributed by atoms with Gasteiger partial charge in [0.25, 0.3) is 0 Å². The Hall–Kier alpha value is -2.39. The minimum atomic E-state index is 0.771. The van der Waals surface area contributed by atoms with Gasteiger partial charge in [-0.25, -0.2) is 4.98 Å². The molecule has 1 saturated heterocycles. The first-order chi connectivity index (χ1) is 11.7. The van der Waals surface area contributed by atoms with Crippen LogP contribution in [0, 0.1) is 13.8 Å². The van der Waals surface area contributed by atoms with Gasteiger partial charge in [0.2, 0.25) is 0 Å². The normalized spacial score (nSPS) is 15.0. The molecule has 4 rings (SSSR count). The van der Waals surface area contributed by atoms with Crippen LogP contribution in [0.15, 0.2) is 48.5 Å². The molecule has 0 N–H and O–H groups in total. The summed E-state index contributed by atoms with van der Waals surface area (Å²) < 4.78 is 5.48. The molecule has 0 saturated carbocycles. The summed E-state index contributed by atoms with van der Waals surface area (Å²) in [6.07, 6.45) is 0. The van der Waals surface area contributed by atoms with E-state index in [1.807, 2.05) is 0 Å². The molecule has 3 heteroatoms. The van der Waals surface area contributed by atoms with Crippen LogP contribution >= 0.6 is 0 Å². The number of aromatic nitrogens is 1. The molecular weight excluding hydrogens is 296 g/mol. The van der Waals surface area contributed by atoms with Crippen LogP contribution in [0.4, 0.5) is 5.82 Å². The number of anilines is 1. The third-order valence-corrected chi connectivity index (χ3v) is 4.84. The van der Waals surface area contributed by atoms with Crippen LogP contribution in [0.2, 0.25) is 0 Å². The Labute approximate surface area is 142 Å². The lowest BCUT2D eigenvalue weighted by Gasteiger charge is -2.28. The molecule has 0 amide bonds. The van der Waals surface area contributed by atoms with Gasteiger partial charge in [0.15, 0.2) is 0 Å². The highest BCUT2D eigenvalue weighted by atomic mass is 16.5. The number of ether oxygens (including phenoxy) is 1. The van der Waals surface area contributed by atoms with E-state index in [-0.39, 0.29) is 0 Å². The topological polar surface area (TPSA) is 25.4 Å². The van der Waals surface area contributed by atoms with E-state index in [0.717, 1.165) is 37.8 Å². The van der Waals surface area contributed by atoms with Crippen molar-refractivity contribution < 1.29 is 4.74 Å². The van der Waals surface area contributed by atoms with Crippen LogP contribution in [0.3, 0.4) is 0 Å². The second-order valence-corrected chi connectivity index (χ2v) is 6.45. The number of hydrogen-bond acceptors (Lipinski definition) is 3. The molecule has 24 heavy (non-hydrogen) atoms. The largest absolute Gasteiger partial charge is 0.378 e. The van der Waals surface area contributed by atoms with Crippen LogP contribution in [0.25, 0.3) is 22.0 Å². The Morgan fingerprint density at radius 1 is 0.917 bits per heavy atom. The highest BCUT2D eigenvalue weighted by Gasteiger charge is 2.16. The third kappa shape index (κ3) is 2.76. The van der Waals surface area contributed by atoms with Gasteiger partial charge in [0.05, 0.1) is 18.9 Å². The molecule has 0 bridgehead atoms. The average Bonchev–Trinajstić information content (AvgIpc) is 2.64. The Bertz CT molecular complexity index is 882. The monoisotopic (exact) mass is 318 g/mol. The SMILES string of the molecule is Cc1ccc(-c2nc(N3CCOCC3)cc3ccccc23)cc1C. The van der Waals surface area contributed by atoms with E-state index in [9.17, 15) is 0 Å². The van der Waals surface area contributed by atoms with Gasteiger partial charge >= 0.3 is 0 Å². The van der Waals surface area contributed by atoms with Crippen molar-refractivity contribution in [2.24, 2.45) is 0 Å². The smallest absolute Gasteiger partial charge is 0.130 e. The third-order valence-electron chi connectivity index (χ3n) is 4.84. The number of fused-ring (bicyclic) bond motifs is 1. The number of hydrogen-bond donors (Lipinski definition) is 0. The predicted molar refractivity (Wildman–Crippen MR) is 99.7 cm³/mol.